The fourth-order valence-corrected chi connectivity index (χ4v) is 1.14. The summed E-state index contributed by atoms with van der Waals surface area (Å²) in [4.78, 5) is 11.0. The van der Waals surface area contributed by atoms with Crippen molar-refractivity contribution in [2.45, 2.75) is 6.92 Å². The Hall–Kier alpha value is -1.51. The first-order chi connectivity index (χ1) is 5.77. The van der Waals surface area contributed by atoms with Crippen molar-refractivity contribution in [3.63, 3.8) is 0 Å². The fourth-order valence-electron chi connectivity index (χ4n) is 1.14. The van der Waals surface area contributed by atoms with E-state index in [9.17, 15) is 4.79 Å². The Bertz CT molecular complexity index is 346. The van der Waals surface area contributed by atoms with E-state index in [0.717, 1.165) is 5.76 Å². The average molecular weight is 164 g/mol. The lowest BCUT2D eigenvalue weighted by molar-refractivity contribution is -0.134. The lowest BCUT2D eigenvalue weighted by Gasteiger charge is -1.93. The van der Waals surface area contributed by atoms with E-state index in [-0.39, 0.29) is 5.97 Å². The van der Waals surface area contributed by atoms with Gasteiger partial charge in [-0.3, -0.25) is 0 Å². The highest BCUT2D eigenvalue weighted by Crippen LogP contribution is 2.21. The highest BCUT2D eigenvalue weighted by Gasteiger charge is 2.20. The van der Waals surface area contributed by atoms with Gasteiger partial charge in [-0.1, -0.05) is 0 Å². The number of carbonyl (C=O) groups excluding carboxylic acids is 1. The molecule has 0 bridgehead atoms. The van der Waals surface area contributed by atoms with E-state index in [1.165, 1.54) is 0 Å². The molecular formula is C9H8O3. The quantitative estimate of drug-likeness (QED) is 0.591. The Morgan fingerprint density at radius 2 is 2.25 bits per heavy atom. The van der Waals surface area contributed by atoms with Gasteiger partial charge in [-0.15, -0.1) is 0 Å². The zero-order valence-corrected chi connectivity index (χ0v) is 6.66. The van der Waals surface area contributed by atoms with Crippen LogP contribution in [0.15, 0.2) is 22.6 Å². The first kappa shape index (κ1) is 7.16. The van der Waals surface area contributed by atoms with E-state index in [2.05, 4.69) is 0 Å². The van der Waals surface area contributed by atoms with Crippen molar-refractivity contribution in [2.75, 3.05) is 6.61 Å². The van der Waals surface area contributed by atoms with Gasteiger partial charge in [0.15, 0.2) is 0 Å². The summed E-state index contributed by atoms with van der Waals surface area (Å²) in [7, 11) is 0. The predicted molar refractivity (Wildman–Crippen MR) is 42.4 cm³/mol. The lowest BCUT2D eigenvalue weighted by Crippen LogP contribution is -1.97. The number of ether oxygens (including phenoxy) is 1. The van der Waals surface area contributed by atoms with Crippen LogP contribution in [0.2, 0.25) is 0 Å². The number of esters is 1. The molecule has 1 aromatic heterocycles. The van der Waals surface area contributed by atoms with Crippen LogP contribution in [0.1, 0.15) is 11.5 Å². The van der Waals surface area contributed by atoms with Gasteiger partial charge in [0.1, 0.15) is 23.7 Å². The highest BCUT2D eigenvalue weighted by atomic mass is 16.5. The van der Waals surface area contributed by atoms with E-state index in [0.29, 0.717) is 17.9 Å². The monoisotopic (exact) mass is 164 g/mol. The Balaban J connectivity index is 2.37. The Kier molecular flexibility index (Phi) is 1.50. The molecule has 0 aromatic carbocycles. The molecule has 0 unspecified atom stereocenters. The minimum absolute atomic E-state index is 0.302. The first-order valence-corrected chi connectivity index (χ1v) is 3.71. The van der Waals surface area contributed by atoms with Gasteiger partial charge in [0.25, 0.3) is 0 Å². The second-order valence-corrected chi connectivity index (χ2v) is 2.63. The first-order valence-electron chi connectivity index (χ1n) is 3.71. The van der Waals surface area contributed by atoms with Crippen molar-refractivity contribution in [1.29, 1.82) is 0 Å². The summed E-state index contributed by atoms with van der Waals surface area (Å²) >= 11 is 0. The van der Waals surface area contributed by atoms with E-state index < -0.39 is 0 Å². The Labute approximate surface area is 69.6 Å². The summed E-state index contributed by atoms with van der Waals surface area (Å²) in [6, 6.07) is 3.59. The van der Waals surface area contributed by atoms with Crippen molar-refractivity contribution in [3.05, 3.63) is 29.7 Å². The molecule has 2 heterocycles. The largest absolute Gasteiger partial charge is 0.461 e. The van der Waals surface area contributed by atoms with Crippen LogP contribution in [0.25, 0.3) is 5.57 Å². The molecule has 3 nitrogen and oxygen atoms in total. The summed E-state index contributed by atoms with van der Waals surface area (Å²) in [6.07, 6.45) is 1.72. The summed E-state index contributed by atoms with van der Waals surface area (Å²) in [5.41, 5.74) is 0.531. The van der Waals surface area contributed by atoms with Crippen LogP contribution < -0.4 is 0 Å². The number of carbonyl (C=O) groups is 1. The molecule has 0 saturated carbocycles. The molecule has 3 heteroatoms. The predicted octanol–water partition coefficient (Wildman–Crippen LogP) is 1.53. The maximum absolute atomic E-state index is 11.0. The average Bonchev–Trinajstić information content (AvgIpc) is 2.58. The molecule has 0 saturated heterocycles. The van der Waals surface area contributed by atoms with Crippen molar-refractivity contribution >= 4 is 11.5 Å². The van der Waals surface area contributed by atoms with Gasteiger partial charge < -0.3 is 9.15 Å². The SMILES string of the molecule is Cc1ccc(C2=CCOC2=O)o1. The van der Waals surface area contributed by atoms with E-state index in [4.69, 9.17) is 9.15 Å². The van der Waals surface area contributed by atoms with Gasteiger partial charge in [-0.25, -0.2) is 4.79 Å². The van der Waals surface area contributed by atoms with Crippen LogP contribution in [-0.2, 0) is 9.53 Å². The normalized spacial score (nSPS) is 16.1. The molecule has 0 radical (unpaired) electrons. The molecule has 0 spiro atoms. The van der Waals surface area contributed by atoms with Crippen LogP contribution in [0.3, 0.4) is 0 Å². The topological polar surface area (TPSA) is 39.4 Å². The van der Waals surface area contributed by atoms with Crippen molar-refractivity contribution in [2.24, 2.45) is 0 Å². The fraction of sp³-hybridized carbons (Fsp3) is 0.222. The third kappa shape index (κ3) is 1.03. The van der Waals surface area contributed by atoms with Crippen LogP contribution in [0.5, 0.6) is 0 Å². The van der Waals surface area contributed by atoms with Crippen LogP contribution in [0, 0.1) is 6.92 Å². The van der Waals surface area contributed by atoms with E-state index in [1.54, 1.807) is 12.1 Å². The van der Waals surface area contributed by atoms with Gasteiger partial charge in [-0.05, 0) is 25.1 Å². The van der Waals surface area contributed by atoms with Gasteiger partial charge >= 0.3 is 5.97 Å². The van der Waals surface area contributed by atoms with E-state index in [1.807, 2.05) is 13.0 Å². The highest BCUT2D eigenvalue weighted by molar-refractivity contribution is 6.17. The number of hydrogen-bond donors (Lipinski definition) is 0. The third-order valence-electron chi connectivity index (χ3n) is 1.73. The number of hydrogen-bond acceptors (Lipinski definition) is 3. The maximum Gasteiger partial charge on any atom is 0.342 e. The minimum Gasteiger partial charge on any atom is -0.461 e. The second-order valence-electron chi connectivity index (χ2n) is 2.63. The van der Waals surface area contributed by atoms with Gasteiger partial charge in [-0.2, -0.15) is 0 Å². The number of furan rings is 1. The summed E-state index contributed by atoms with van der Waals surface area (Å²) in [6.45, 7) is 2.19. The van der Waals surface area contributed by atoms with Crippen LogP contribution in [0.4, 0.5) is 0 Å². The molecule has 1 aliphatic rings. The van der Waals surface area contributed by atoms with Gasteiger partial charge in [0, 0.05) is 0 Å². The van der Waals surface area contributed by atoms with E-state index >= 15 is 0 Å². The molecule has 62 valence electrons. The van der Waals surface area contributed by atoms with Crippen molar-refractivity contribution < 1.29 is 13.9 Å². The summed E-state index contributed by atoms with van der Waals surface area (Å²) in [5.74, 6) is 1.09. The molecule has 0 atom stereocenters. The molecule has 1 aliphatic heterocycles. The Morgan fingerprint density at radius 1 is 1.42 bits per heavy atom. The molecule has 2 rings (SSSR count). The minimum atomic E-state index is -0.302. The maximum atomic E-state index is 11.0. The molecule has 0 N–H and O–H groups in total. The second kappa shape index (κ2) is 2.52. The zero-order valence-electron chi connectivity index (χ0n) is 6.66. The molecule has 0 aliphatic carbocycles. The standard InChI is InChI=1S/C9H8O3/c1-6-2-3-8(12-6)7-4-5-11-9(7)10/h2-4H,5H2,1H3. The lowest BCUT2D eigenvalue weighted by atomic mass is 10.2. The number of rotatable bonds is 1. The molecule has 12 heavy (non-hydrogen) atoms. The summed E-state index contributed by atoms with van der Waals surface area (Å²) in [5, 5.41) is 0. The van der Waals surface area contributed by atoms with Crippen molar-refractivity contribution in [3.8, 4) is 0 Å². The van der Waals surface area contributed by atoms with Crippen LogP contribution >= 0.6 is 0 Å². The zero-order chi connectivity index (χ0) is 8.55. The number of aryl methyl sites for hydroxylation is 1. The van der Waals surface area contributed by atoms with Gasteiger partial charge in [0.2, 0.25) is 0 Å². The molecule has 0 fully saturated rings. The van der Waals surface area contributed by atoms with Crippen molar-refractivity contribution in [1.82, 2.24) is 0 Å². The molecule has 0 amide bonds. The van der Waals surface area contributed by atoms with Crippen LogP contribution in [-0.4, -0.2) is 12.6 Å². The summed E-state index contributed by atoms with van der Waals surface area (Å²) < 4.78 is 10.0. The Morgan fingerprint density at radius 3 is 2.75 bits per heavy atom. The smallest absolute Gasteiger partial charge is 0.342 e. The molecule has 1 aromatic rings. The van der Waals surface area contributed by atoms with Gasteiger partial charge in [0.05, 0.1) is 0 Å². The number of cyclic esters (lactones) is 1. The third-order valence-corrected chi connectivity index (χ3v) is 1.73. The molecular weight excluding hydrogens is 156 g/mol.